The van der Waals surface area contributed by atoms with E-state index in [-0.39, 0.29) is 5.91 Å². The SMILES string of the molecule is Cc1csc(C(=O)N2CCC(Br)C2)c1Cl. The van der Waals surface area contributed by atoms with E-state index in [4.69, 9.17) is 11.6 Å². The van der Waals surface area contributed by atoms with E-state index in [2.05, 4.69) is 15.9 Å². The number of carbonyl (C=O) groups excluding carboxylic acids is 1. The number of amides is 1. The molecule has 1 amide bonds. The number of rotatable bonds is 1. The van der Waals surface area contributed by atoms with E-state index >= 15 is 0 Å². The van der Waals surface area contributed by atoms with Gasteiger partial charge in [0, 0.05) is 17.9 Å². The number of alkyl halides is 1. The van der Waals surface area contributed by atoms with Crippen molar-refractivity contribution in [1.82, 2.24) is 4.90 Å². The maximum Gasteiger partial charge on any atom is 0.265 e. The molecule has 0 saturated carbocycles. The van der Waals surface area contributed by atoms with Crippen LogP contribution in [0, 0.1) is 6.92 Å². The van der Waals surface area contributed by atoms with Gasteiger partial charge in [0.25, 0.3) is 5.91 Å². The average Bonchev–Trinajstić information content (AvgIpc) is 2.75. The smallest absolute Gasteiger partial charge is 0.265 e. The number of hydrogen-bond donors (Lipinski definition) is 0. The standard InChI is InChI=1S/C10H11BrClNOS/c1-6-5-15-9(8(6)12)10(14)13-3-2-7(11)4-13/h5,7H,2-4H2,1H3. The van der Waals surface area contributed by atoms with Gasteiger partial charge in [-0.05, 0) is 24.3 Å². The summed E-state index contributed by atoms with van der Waals surface area (Å²) < 4.78 is 0. The van der Waals surface area contributed by atoms with Crippen LogP contribution in [0.15, 0.2) is 5.38 Å². The van der Waals surface area contributed by atoms with Crippen molar-refractivity contribution in [3.8, 4) is 0 Å². The summed E-state index contributed by atoms with van der Waals surface area (Å²) in [5.41, 5.74) is 0.986. The van der Waals surface area contributed by atoms with Crippen LogP contribution in [0.1, 0.15) is 21.7 Å². The summed E-state index contributed by atoms with van der Waals surface area (Å²) in [5, 5.41) is 2.54. The molecule has 1 aliphatic heterocycles. The van der Waals surface area contributed by atoms with Crippen molar-refractivity contribution < 1.29 is 4.79 Å². The zero-order chi connectivity index (χ0) is 11.0. The summed E-state index contributed by atoms with van der Waals surface area (Å²) >= 11 is 11.0. The number of aryl methyl sites for hydroxylation is 1. The summed E-state index contributed by atoms with van der Waals surface area (Å²) in [4.78, 5) is 15.0. The maximum atomic E-state index is 12.1. The van der Waals surface area contributed by atoms with Crippen LogP contribution < -0.4 is 0 Å². The van der Waals surface area contributed by atoms with Crippen LogP contribution in [0.3, 0.4) is 0 Å². The fraction of sp³-hybridized carbons (Fsp3) is 0.500. The van der Waals surface area contributed by atoms with Crippen molar-refractivity contribution >= 4 is 44.8 Å². The molecule has 1 saturated heterocycles. The first-order chi connectivity index (χ1) is 7.09. The van der Waals surface area contributed by atoms with Crippen LogP contribution in [0.4, 0.5) is 0 Å². The van der Waals surface area contributed by atoms with Crippen LogP contribution in [0.25, 0.3) is 0 Å². The molecule has 5 heteroatoms. The highest BCUT2D eigenvalue weighted by Crippen LogP contribution is 2.29. The monoisotopic (exact) mass is 307 g/mol. The van der Waals surface area contributed by atoms with E-state index in [1.54, 1.807) is 0 Å². The van der Waals surface area contributed by atoms with Gasteiger partial charge in [-0.3, -0.25) is 4.79 Å². The second-order valence-corrected chi connectivity index (χ2v) is 6.25. The Balaban J connectivity index is 2.18. The van der Waals surface area contributed by atoms with Gasteiger partial charge in [-0.1, -0.05) is 27.5 Å². The fourth-order valence-electron chi connectivity index (χ4n) is 1.62. The van der Waals surface area contributed by atoms with Crippen molar-refractivity contribution in [3.05, 3.63) is 20.8 Å². The lowest BCUT2D eigenvalue weighted by Crippen LogP contribution is -2.28. The minimum atomic E-state index is 0.0695. The van der Waals surface area contributed by atoms with E-state index in [0.29, 0.717) is 14.7 Å². The highest BCUT2D eigenvalue weighted by Gasteiger charge is 2.27. The van der Waals surface area contributed by atoms with Gasteiger partial charge in [0.15, 0.2) is 0 Å². The van der Waals surface area contributed by atoms with Crippen LogP contribution in [0.2, 0.25) is 5.02 Å². The fourth-order valence-corrected chi connectivity index (χ4v) is 3.41. The van der Waals surface area contributed by atoms with Crippen LogP contribution >= 0.6 is 38.9 Å². The third-order valence-corrected chi connectivity index (χ3v) is 4.94. The van der Waals surface area contributed by atoms with E-state index in [9.17, 15) is 4.79 Å². The van der Waals surface area contributed by atoms with Crippen LogP contribution in [-0.4, -0.2) is 28.7 Å². The molecular weight excluding hydrogens is 298 g/mol. The first-order valence-corrected chi connectivity index (χ1v) is 6.94. The highest BCUT2D eigenvalue weighted by molar-refractivity contribution is 9.09. The molecule has 1 aromatic heterocycles. The molecule has 15 heavy (non-hydrogen) atoms. The van der Waals surface area contributed by atoms with Gasteiger partial charge in [0.05, 0.1) is 5.02 Å². The third kappa shape index (κ3) is 2.22. The minimum absolute atomic E-state index is 0.0695. The molecule has 0 aliphatic carbocycles. The Bertz CT molecular complexity index is 393. The van der Waals surface area contributed by atoms with Crippen molar-refractivity contribution in [2.24, 2.45) is 0 Å². The summed E-state index contributed by atoms with van der Waals surface area (Å²) in [6, 6.07) is 0. The molecule has 2 nitrogen and oxygen atoms in total. The average molecular weight is 309 g/mol. The molecule has 82 valence electrons. The number of carbonyl (C=O) groups is 1. The molecule has 0 radical (unpaired) electrons. The van der Waals surface area contributed by atoms with E-state index < -0.39 is 0 Å². The van der Waals surface area contributed by atoms with Gasteiger partial charge in [-0.15, -0.1) is 11.3 Å². The molecule has 2 rings (SSSR count). The quantitative estimate of drug-likeness (QED) is 0.729. The molecule has 2 heterocycles. The first kappa shape index (κ1) is 11.4. The summed E-state index contributed by atoms with van der Waals surface area (Å²) in [6.07, 6.45) is 1.02. The lowest BCUT2D eigenvalue weighted by atomic mass is 10.3. The number of thiophene rings is 1. The van der Waals surface area contributed by atoms with E-state index in [0.717, 1.165) is 25.1 Å². The summed E-state index contributed by atoms with van der Waals surface area (Å²) in [6.45, 7) is 3.53. The number of nitrogens with zero attached hydrogens (tertiary/aromatic N) is 1. The zero-order valence-electron chi connectivity index (χ0n) is 8.30. The van der Waals surface area contributed by atoms with E-state index in [1.807, 2.05) is 17.2 Å². The van der Waals surface area contributed by atoms with E-state index in [1.165, 1.54) is 11.3 Å². The van der Waals surface area contributed by atoms with Gasteiger partial charge < -0.3 is 4.90 Å². The van der Waals surface area contributed by atoms with Crippen LogP contribution in [0.5, 0.6) is 0 Å². The Kier molecular flexibility index (Phi) is 3.38. The van der Waals surface area contributed by atoms with Gasteiger partial charge in [0.2, 0.25) is 0 Å². The first-order valence-electron chi connectivity index (χ1n) is 4.76. The lowest BCUT2D eigenvalue weighted by molar-refractivity contribution is 0.0798. The topological polar surface area (TPSA) is 20.3 Å². The second-order valence-electron chi connectivity index (χ2n) is 3.70. The Morgan fingerprint density at radius 1 is 1.73 bits per heavy atom. The predicted molar refractivity (Wildman–Crippen MR) is 67.3 cm³/mol. The lowest BCUT2D eigenvalue weighted by Gasteiger charge is -2.14. The molecule has 1 fully saturated rings. The van der Waals surface area contributed by atoms with Gasteiger partial charge in [-0.2, -0.15) is 0 Å². The van der Waals surface area contributed by atoms with Crippen molar-refractivity contribution in [1.29, 1.82) is 0 Å². The van der Waals surface area contributed by atoms with Crippen LogP contribution in [-0.2, 0) is 0 Å². The molecule has 0 aromatic carbocycles. The van der Waals surface area contributed by atoms with Gasteiger partial charge in [-0.25, -0.2) is 0 Å². The number of halogens is 2. The molecule has 1 aromatic rings. The van der Waals surface area contributed by atoms with Crippen molar-refractivity contribution in [2.75, 3.05) is 13.1 Å². The molecule has 1 atom stereocenters. The second kappa shape index (κ2) is 4.44. The molecule has 0 bridgehead atoms. The number of hydrogen-bond acceptors (Lipinski definition) is 2. The van der Waals surface area contributed by atoms with Gasteiger partial charge in [0.1, 0.15) is 4.88 Å². The largest absolute Gasteiger partial charge is 0.337 e. The molecule has 1 aliphatic rings. The summed E-state index contributed by atoms with van der Waals surface area (Å²) in [5.74, 6) is 0.0695. The number of likely N-dealkylation sites (tertiary alicyclic amines) is 1. The van der Waals surface area contributed by atoms with Gasteiger partial charge >= 0.3 is 0 Å². The molecule has 0 spiro atoms. The van der Waals surface area contributed by atoms with Crippen molar-refractivity contribution in [3.63, 3.8) is 0 Å². The normalized spacial score (nSPS) is 21.0. The minimum Gasteiger partial charge on any atom is -0.337 e. The molecule has 0 N–H and O–H groups in total. The predicted octanol–water partition coefficient (Wildman–Crippen LogP) is 3.32. The highest BCUT2D eigenvalue weighted by atomic mass is 79.9. The Morgan fingerprint density at radius 2 is 2.47 bits per heavy atom. The summed E-state index contributed by atoms with van der Waals surface area (Å²) in [7, 11) is 0. The maximum absolute atomic E-state index is 12.1. The zero-order valence-corrected chi connectivity index (χ0v) is 11.5. The molecule has 1 unspecified atom stereocenters. The van der Waals surface area contributed by atoms with Crippen molar-refractivity contribution in [2.45, 2.75) is 18.2 Å². The Morgan fingerprint density at radius 3 is 2.93 bits per heavy atom. The Hall–Kier alpha value is -0.0600. The third-order valence-electron chi connectivity index (χ3n) is 2.51. The Labute approximate surface area is 106 Å². The molecular formula is C10H11BrClNOS.